The molecular weight excluding hydrogens is 388 g/mol. The molecule has 2 aromatic heterocycles. The van der Waals surface area contributed by atoms with E-state index in [4.69, 9.17) is 9.72 Å². The van der Waals surface area contributed by atoms with Crippen molar-refractivity contribution >= 4 is 33.3 Å². The third-order valence-corrected chi connectivity index (χ3v) is 7.09. The Morgan fingerprint density at radius 2 is 2.11 bits per heavy atom. The molecule has 0 fully saturated rings. The van der Waals surface area contributed by atoms with Crippen molar-refractivity contribution < 1.29 is 4.74 Å². The quantitative estimate of drug-likeness (QED) is 0.335. The molecule has 0 N–H and O–H groups in total. The summed E-state index contributed by atoms with van der Waals surface area (Å²) in [5.41, 5.74) is 3.06. The van der Waals surface area contributed by atoms with Crippen LogP contribution in [-0.2, 0) is 24.3 Å². The standard InChI is InChI=1S/C22H24N2O2S2/c1-14(2)13-27-21-23-19-18(16-10-22(3,4)26-12-17(16)28-19)20(25)24(21)11-15-8-6-5-7-9-15/h5-9H,1,10-13H2,2-4H3. The van der Waals surface area contributed by atoms with E-state index >= 15 is 0 Å². The van der Waals surface area contributed by atoms with Crippen molar-refractivity contribution in [3.8, 4) is 0 Å². The highest BCUT2D eigenvalue weighted by atomic mass is 32.2. The Balaban J connectivity index is 1.88. The Hall–Kier alpha value is -1.89. The first-order valence-electron chi connectivity index (χ1n) is 9.34. The normalized spacial score (nSPS) is 15.5. The molecule has 0 radical (unpaired) electrons. The van der Waals surface area contributed by atoms with Crippen LogP contribution in [0.4, 0.5) is 0 Å². The highest BCUT2D eigenvalue weighted by molar-refractivity contribution is 7.99. The minimum atomic E-state index is -0.259. The Morgan fingerprint density at radius 1 is 1.36 bits per heavy atom. The Morgan fingerprint density at radius 3 is 2.82 bits per heavy atom. The van der Waals surface area contributed by atoms with Crippen LogP contribution in [0.25, 0.3) is 10.2 Å². The van der Waals surface area contributed by atoms with Crippen molar-refractivity contribution in [3.63, 3.8) is 0 Å². The first-order valence-corrected chi connectivity index (χ1v) is 11.1. The van der Waals surface area contributed by atoms with Crippen molar-refractivity contribution in [1.82, 2.24) is 9.55 Å². The second-order valence-electron chi connectivity index (χ2n) is 7.93. The second-order valence-corrected chi connectivity index (χ2v) is 9.95. The molecular formula is C22H24N2O2S2. The van der Waals surface area contributed by atoms with Gasteiger partial charge >= 0.3 is 0 Å². The van der Waals surface area contributed by atoms with Gasteiger partial charge in [0.05, 0.1) is 24.1 Å². The molecule has 3 aromatic rings. The summed E-state index contributed by atoms with van der Waals surface area (Å²) in [5.74, 6) is 0.744. The first-order chi connectivity index (χ1) is 13.3. The van der Waals surface area contributed by atoms with E-state index in [0.29, 0.717) is 13.2 Å². The smallest absolute Gasteiger partial charge is 0.263 e. The molecule has 1 aromatic carbocycles. The molecule has 28 heavy (non-hydrogen) atoms. The molecule has 0 saturated heterocycles. The van der Waals surface area contributed by atoms with Crippen molar-refractivity contribution in [2.24, 2.45) is 0 Å². The van der Waals surface area contributed by atoms with E-state index in [1.807, 2.05) is 41.8 Å². The monoisotopic (exact) mass is 412 g/mol. The molecule has 4 rings (SSSR count). The number of thioether (sulfide) groups is 1. The van der Waals surface area contributed by atoms with Gasteiger partial charge in [0, 0.05) is 17.1 Å². The summed E-state index contributed by atoms with van der Waals surface area (Å²) in [4.78, 5) is 20.5. The minimum absolute atomic E-state index is 0.0493. The van der Waals surface area contributed by atoms with Crippen LogP contribution in [0, 0.1) is 0 Å². The molecule has 0 atom stereocenters. The van der Waals surface area contributed by atoms with Gasteiger partial charge < -0.3 is 4.74 Å². The van der Waals surface area contributed by atoms with E-state index in [1.54, 1.807) is 23.1 Å². The van der Waals surface area contributed by atoms with Crippen LogP contribution >= 0.6 is 23.1 Å². The zero-order valence-corrected chi connectivity index (χ0v) is 18.1. The number of rotatable bonds is 5. The molecule has 0 bridgehead atoms. The predicted molar refractivity (Wildman–Crippen MR) is 118 cm³/mol. The summed E-state index contributed by atoms with van der Waals surface area (Å²) >= 11 is 3.17. The number of hydrogen-bond acceptors (Lipinski definition) is 5. The Labute approximate surface area is 173 Å². The number of thiophene rings is 1. The van der Waals surface area contributed by atoms with Crippen molar-refractivity contribution in [1.29, 1.82) is 0 Å². The minimum Gasteiger partial charge on any atom is -0.370 e. The van der Waals surface area contributed by atoms with Crippen LogP contribution in [0.1, 0.15) is 36.8 Å². The lowest BCUT2D eigenvalue weighted by atomic mass is 9.94. The van der Waals surface area contributed by atoms with Gasteiger partial charge in [-0.25, -0.2) is 4.98 Å². The van der Waals surface area contributed by atoms with E-state index in [2.05, 4.69) is 20.4 Å². The van der Waals surface area contributed by atoms with Crippen LogP contribution in [0.3, 0.4) is 0 Å². The van der Waals surface area contributed by atoms with Crippen LogP contribution in [-0.4, -0.2) is 20.9 Å². The van der Waals surface area contributed by atoms with Crippen molar-refractivity contribution in [3.05, 3.63) is 68.8 Å². The van der Waals surface area contributed by atoms with Gasteiger partial charge in [-0.15, -0.1) is 11.3 Å². The lowest BCUT2D eigenvalue weighted by molar-refractivity contribution is -0.0379. The zero-order valence-electron chi connectivity index (χ0n) is 16.4. The van der Waals surface area contributed by atoms with Crippen molar-refractivity contribution in [2.75, 3.05) is 5.75 Å². The highest BCUT2D eigenvalue weighted by Gasteiger charge is 2.31. The van der Waals surface area contributed by atoms with Crippen LogP contribution in [0.2, 0.25) is 0 Å². The fourth-order valence-electron chi connectivity index (χ4n) is 3.41. The molecule has 0 aliphatic carbocycles. The summed E-state index contributed by atoms with van der Waals surface area (Å²) < 4.78 is 7.77. The Kier molecular flexibility index (Phi) is 5.21. The third kappa shape index (κ3) is 3.81. The van der Waals surface area contributed by atoms with Gasteiger partial charge in [-0.1, -0.05) is 54.2 Å². The molecule has 4 nitrogen and oxygen atoms in total. The number of benzene rings is 1. The highest BCUT2D eigenvalue weighted by Crippen LogP contribution is 2.37. The molecule has 3 heterocycles. The molecule has 1 aliphatic rings. The van der Waals surface area contributed by atoms with Gasteiger partial charge in [-0.3, -0.25) is 9.36 Å². The fraction of sp³-hybridized carbons (Fsp3) is 0.364. The third-order valence-electron chi connectivity index (χ3n) is 4.79. The van der Waals surface area contributed by atoms with Crippen LogP contribution in [0.5, 0.6) is 0 Å². The first kappa shape index (κ1) is 19.4. The summed E-state index contributed by atoms with van der Waals surface area (Å²) in [6.07, 6.45) is 0.739. The largest absolute Gasteiger partial charge is 0.370 e. The lowest BCUT2D eigenvalue weighted by Crippen LogP contribution is -2.32. The van der Waals surface area contributed by atoms with Gasteiger partial charge in [0.25, 0.3) is 5.56 Å². The van der Waals surface area contributed by atoms with Crippen LogP contribution in [0.15, 0.2) is 52.4 Å². The average molecular weight is 413 g/mol. The number of hydrogen-bond donors (Lipinski definition) is 0. The van der Waals surface area contributed by atoms with Gasteiger partial charge in [-0.2, -0.15) is 0 Å². The average Bonchev–Trinajstić information content (AvgIpc) is 3.00. The zero-order chi connectivity index (χ0) is 19.9. The summed E-state index contributed by atoms with van der Waals surface area (Å²) in [6, 6.07) is 10.1. The van der Waals surface area contributed by atoms with Gasteiger partial charge in [-0.05, 0) is 31.9 Å². The van der Waals surface area contributed by atoms with Crippen LogP contribution < -0.4 is 5.56 Å². The van der Waals surface area contributed by atoms with Crippen molar-refractivity contribution in [2.45, 2.75) is 51.1 Å². The molecule has 0 saturated carbocycles. The maximum absolute atomic E-state index is 13.6. The van der Waals surface area contributed by atoms with Gasteiger partial charge in [0.1, 0.15) is 4.83 Å². The maximum Gasteiger partial charge on any atom is 0.263 e. The Bertz CT molecular complexity index is 1100. The second kappa shape index (κ2) is 7.50. The van der Waals surface area contributed by atoms with Gasteiger partial charge in [0.2, 0.25) is 0 Å². The molecule has 1 aliphatic heterocycles. The maximum atomic E-state index is 13.6. The molecule has 0 spiro atoms. The molecule has 6 heteroatoms. The number of nitrogens with zero attached hydrogens (tertiary/aromatic N) is 2. The lowest BCUT2D eigenvalue weighted by Gasteiger charge is -2.29. The summed E-state index contributed by atoms with van der Waals surface area (Å²) in [5, 5.41) is 1.52. The van der Waals surface area contributed by atoms with E-state index in [0.717, 1.165) is 49.1 Å². The predicted octanol–water partition coefficient (Wildman–Crippen LogP) is 5.03. The number of aromatic nitrogens is 2. The number of fused-ring (bicyclic) bond motifs is 3. The van der Waals surface area contributed by atoms with E-state index in [9.17, 15) is 4.79 Å². The van der Waals surface area contributed by atoms with Gasteiger partial charge in [0.15, 0.2) is 5.16 Å². The molecule has 146 valence electrons. The van der Waals surface area contributed by atoms with E-state index < -0.39 is 0 Å². The summed E-state index contributed by atoms with van der Waals surface area (Å²) in [6.45, 7) is 11.2. The molecule has 0 amide bonds. The fourth-order valence-corrected chi connectivity index (χ4v) is 5.40. The summed E-state index contributed by atoms with van der Waals surface area (Å²) in [7, 11) is 0. The SMILES string of the molecule is C=C(C)CSc1nc2sc3c(c2c(=O)n1Cc1ccccc1)CC(C)(C)OC3. The molecule has 0 unspecified atom stereocenters. The van der Waals surface area contributed by atoms with E-state index in [1.165, 1.54) is 0 Å². The van der Waals surface area contributed by atoms with E-state index in [-0.39, 0.29) is 11.2 Å². The topological polar surface area (TPSA) is 44.1 Å². The number of ether oxygens (including phenoxy) is 1.